The molecule has 0 radical (unpaired) electrons. The van der Waals surface area contributed by atoms with Crippen LogP contribution in [0.3, 0.4) is 0 Å². The van der Waals surface area contributed by atoms with Gasteiger partial charge in [-0.1, -0.05) is 0 Å². The molecule has 1 rings (SSSR count). The minimum absolute atomic E-state index is 0.0255. The average molecular weight is 271 g/mol. The average Bonchev–Trinajstić information content (AvgIpc) is 2.15. The standard InChI is InChI=1S/C11H15BrN2O/c1-11(2,3)14(4)10(15)8-6-5-7-13-9(8)12/h5-7H,1-4H3. The predicted molar refractivity (Wildman–Crippen MR) is 63.8 cm³/mol. The van der Waals surface area contributed by atoms with Crippen LogP contribution in [0.1, 0.15) is 31.1 Å². The van der Waals surface area contributed by atoms with Crippen LogP contribution >= 0.6 is 15.9 Å². The van der Waals surface area contributed by atoms with Crippen molar-refractivity contribution in [1.82, 2.24) is 9.88 Å². The summed E-state index contributed by atoms with van der Waals surface area (Å²) in [6.45, 7) is 5.99. The molecule has 1 amide bonds. The van der Waals surface area contributed by atoms with Gasteiger partial charge in [-0.25, -0.2) is 4.98 Å². The zero-order chi connectivity index (χ0) is 11.6. The number of aromatic nitrogens is 1. The number of carbonyl (C=O) groups excluding carboxylic acids is 1. The van der Waals surface area contributed by atoms with Crippen molar-refractivity contribution in [2.24, 2.45) is 0 Å². The molecule has 1 heterocycles. The van der Waals surface area contributed by atoms with Crippen LogP contribution in [0.25, 0.3) is 0 Å². The molecule has 0 bridgehead atoms. The molecule has 0 saturated carbocycles. The highest BCUT2D eigenvalue weighted by molar-refractivity contribution is 9.10. The molecule has 0 aromatic carbocycles. The second-order valence-electron chi connectivity index (χ2n) is 4.38. The van der Waals surface area contributed by atoms with Gasteiger partial charge in [-0.3, -0.25) is 4.79 Å². The summed E-state index contributed by atoms with van der Waals surface area (Å²) in [5.41, 5.74) is 0.404. The van der Waals surface area contributed by atoms with E-state index in [-0.39, 0.29) is 11.4 Å². The third-order valence-corrected chi connectivity index (χ3v) is 2.93. The Hall–Kier alpha value is -0.900. The van der Waals surface area contributed by atoms with Crippen molar-refractivity contribution in [3.8, 4) is 0 Å². The van der Waals surface area contributed by atoms with E-state index in [9.17, 15) is 4.79 Å². The molecule has 3 nitrogen and oxygen atoms in total. The first-order chi connectivity index (χ1) is 6.84. The van der Waals surface area contributed by atoms with E-state index >= 15 is 0 Å². The highest BCUT2D eigenvalue weighted by Gasteiger charge is 2.24. The van der Waals surface area contributed by atoms with Crippen LogP contribution in [0, 0.1) is 0 Å². The fourth-order valence-electron chi connectivity index (χ4n) is 1.03. The van der Waals surface area contributed by atoms with Gasteiger partial charge in [0, 0.05) is 18.8 Å². The van der Waals surface area contributed by atoms with E-state index in [2.05, 4.69) is 20.9 Å². The normalized spacial score (nSPS) is 11.3. The lowest BCUT2D eigenvalue weighted by Crippen LogP contribution is -2.42. The first-order valence-corrected chi connectivity index (χ1v) is 5.52. The lowest BCUT2D eigenvalue weighted by atomic mass is 10.1. The predicted octanol–water partition coefficient (Wildman–Crippen LogP) is 2.71. The van der Waals surface area contributed by atoms with Crippen LogP contribution < -0.4 is 0 Å². The molecule has 0 saturated heterocycles. The molecule has 0 fully saturated rings. The van der Waals surface area contributed by atoms with Crippen LogP contribution in [0.15, 0.2) is 22.9 Å². The second kappa shape index (κ2) is 4.31. The summed E-state index contributed by atoms with van der Waals surface area (Å²) in [6, 6.07) is 3.52. The molecule has 0 unspecified atom stereocenters. The van der Waals surface area contributed by atoms with Crippen molar-refractivity contribution in [3.63, 3.8) is 0 Å². The lowest BCUT2D eigenvalue weighted by molar-refractivity contribution is 0.0654. The molecule has 1 aromatic heterocycles. The highest BCUT2D eigenvalue weighted by atomic mass is 79.9. The Morgan fingerprint density at radius 1 is 1.47 bits per heavy atom. The Kier molecular flexibility index (Phi) is 3.50. The summed E-state index contributed by atoms with van der Waals surface area (Å²) in [5.74, 6) is -0.0255. The van der Waals surface area contributed by atoms with Gasteiger partial charge in [-0.05, 0) is 48.8 Å². The number of hydrogen-bond acceptors (Lipinski definition) is 2. The third-order valence-electron chi connectivity index (χ3n) is 2.30. The molecule has 0 N–H and O–H groups in total. The molecule has 0 aliphatic heterocycles. The maximum Gasteiger partial charge on any atom is 0.256 e. The largest absolute Gasteiger partial charge is 0.337 e. The van der Waals surface area contributed by atoms with Crippen LogP contribution in [0.4, 0.5) is 0 Å². The molecule has 0 spiro atoms. The molecule has 1 aromatic rings. The van der Waals surface area contributed by atoms with E-state index < -0.39 is 0 Å². The number of rotatable bonds is 1. The maximum atomic E-state index is 12.1. The SMILES string of the molecule is CN(C(=O)c1cccnc1Br)C(C)(C)C. The zero-order valence-electron chi connectivity index (χ0n) is 9.41. The number of hydrogen-bond donors (Lipinski definition) is 0. The van der Waals surface area contributed by atoms with Crippen molar-refractivity contribution >= 4 is 21.8 Å². The van der Waals surface area contributed by atoms with Gasteiger partial charge < -0.3 is 4.90 Å². The van der Waals surface area contributed by atoms with Gasteiger partial charge >= 0.3 is 0 Å². The Bertz CT molecular complexity index is 371. The third kappa shape index (κ3) is 2.78. The molecular weight excluding hydrogens is 256 g/mol. The summed E-state index contributed by atoms with van der Waals surface area (Å²) in [7, 11) is 1.79. The van der Waals surface area contributed by atoms with E-state index in [1.807, 2.05) is 20.8 Å². The van der Waals surface area contributed by atoms with Crippen molar-refractivity contribution in [1.29, 1.82) is 0 Å². The number of amides is 1. The monoisotopic (exact) mass is 270 g/mol. The number of halogens is 1. The van der Waals surface area contributed by atoms with Crippen molar-refractivity contribution in [2.45, 2.75) is 26.3 Å². The smallest absolute Gasteiger partial charge is 0.256 e. The maximum absolute atomic E-state index is 12.1. The summed E-state index contributed by atoms with van der Waals surface area (Å²) in [5, 5.41) is 0. The minimum Gasteiger partial charge on any atom is -0.337 e. The Labute approximate surface area is 98.6 Å². The number of pyridine rings is 1. The quantitative estimate of drug-likeness (QED) is 0.736. The second-order valence-corrected chi connectivity index (χ2v) is 5.13. The fourth-order valence-corrected chi connectivity index (χ4v) is 1.45. The molecule has 0 aliphatic rings. The minimum atomic E-state index is -0.188. The van der Waals surface area contributed by atoms with Crippen LogP contribution in [0.2, 0.25) is 0 Å². The van der Waals surface area contributed by atoms with E-state index in [4.69, 9.17) is 0 Å². The molecule has 0 aliphatic carbocycles. The Balaban J connectivity index is 3.01. The van der Waals surface area contributed by atoms with Gasteiger partial charge in [0.05, 0.1) is 5.56 Å². The Morgan fingerprint density at radius 2 is 2.07 bits per heavy atom. The van der Waals surface area contributed by atoms with Crippen molar-refractivity contribution < 1.29 is 4.79 Å². The summed E-state index contributed by atoms with van der Waals surface area (Å²) in [6.07, 6.45) is 1.65. The van der Waals surface area contributed by atoms with Gasteiger partial charge in [0.25, 0.3) is 5.91 Å². The van der Waals surface area contributed by atoms with Crippen molar-refractivity contribution in [2.75, 3.05) is 7.05 Å². The lowest BCUT2D eigenvalue weighted by Gasteiger charge is -2.32. The number of carbonyl (C=O) groups is 1. The molecule has 0 atom stereocenters. The molecule has 15 heavy (non-hydrogen) atoms. The van der Waals surface area contributed by atoms with Gasteiger partial charge in [0.2, 0.25) is 0 Å². The van der Waals surface area contributed by atoms with Gasteiger partial charge in [0.15, 0.2) is 0 Å². The molecular formula is C11H15BrN2O. The first-order valence-electron chi connectivity index (χ1n) is 4.72. The summed E-state index contributed by atoms with van der Waals surface area (Å²) in [4.78, 5) is 17.8. The summed E-state index contributed by atoms with van der Waals surface area (Å²) < 4.78 is 0.589. The molecule has 4 heteroatoms. The first kappa shape index (κ1) is 12.2. The van der Waals surface area contributed by atoms with E-state index in [0.29, 0.717) is 10.2 Å². The van der Waals surface area contributed by atoms with Gasteiger partial charge in [-0.2, -0.15) is 0 Å². The number of nitrogens with zero attached hydrogens (tertiary/aromatic N) is 2. The van der Waals surface area contributed by atoms with E-state index in [0.717, 1.165) is 0 Å². The molecule has 82 valence electrons. The highest BCUT2D eigenvalue weighted by Crippen LogP contribution is 2.19. The topological polar surface area (TPSA) is 33.2 Å². The zero-order valence-corrected chi connectivity index (χ0v) is 11.0. The fraction of sp³-hybridized carbons (Fsp3) is 0.455. The van der Waals surface area contributed by atoms with E-state index in [1.165, 1.54) is 0 Å². The Morgan fingerprint density at radius 3 is 2.53 bits per heavy atom. The van der Waals surface area contributed by atoms with Crippen molar-refractivity contribution in [3.05, 3.63) is 28.5 Å². The van der Waals surface area contributed by atoms with Crippen LogP contribution in [-0.2, 0) is 0 Å². The van der Waals surface area contributed by atoms with E-state index in [1.54, 1.807) is 30.3 Å². The van der Waals surface area contributed by atoms with Crippen LogP contribution in [0.5, 0.6) is 0 Å². The van der Waals surface area contributed by atoms with Gasteiger partial charge in [-0.15, -0.1) is 0 Å². The van der Waals surface area contributed by atoms with Crippen LogP contribution in [-0.4, -0.2) is 28.4 Å². The van der Waals surface area contributed by atoms with Gasteiger partial charge in [0.1, 0.15) is 4.60 Å². The summed E-state index contributed by atoms with van der Waals surface area (Å²) >= 11 is 3.27.